The number of terminal acetylenes is 1. The van der Waals surface area contributed by atoms with Gasteiger partial charge in [0.25, 0.3) is 5.56 Å². The summed E-state index contributed by atoms with van der Waals surface area (Å²) >= 11 is 6.12. The molecule has 1 unspecified atom stereocenters. The van der Waals surface area contributed by atoms with Crippen molar-refractivity contribution in [3.63, 3.8) is 0 Å². The summed E-state index contributed by atoms with van der Waals surface area (Å²) in [4.78, 5) is 12.3. The SMILES string of the molecule is C#CCn1ncc(Cl)c(NC2CCCCC2(C)C)c1=O. The summed E-state index contributed by atoms with van der Waals surface area (Å²) in [5.74, 6) is 2.42. The Balaban J connectivity index is 2.31. The molecule has 0 aromatic carbocycles. The number of nitrogens with one attached hydrogen (secondary N) is 1. The minimum absolute atomic E-state index is 0.147. The number of anilines is 1. The minimum atomic E-state index is -0.253. The second-order valence-corrected chi connectivity index (χ2v) is 6.37. The topological polar surface area (TPSA) is 46.9 Å². The number of hydrogen-bond donors (Lipinski definition) is 1. The average molecular weight is 294 g/mol. The van der Waals surface area contributed by atoms with Gasteiger partial charge in [-0.05, 0) is 18.3 Å². The molecular weight excluding hydrogens is 274 g/mol. The van der Waals surface area contributed by atoms with Crippen LogP contribution < -0.4 is 10.9 Å². The number of nitrogens with zero attached hydrogens (tertiary/aromatic N) is 2. The zero-order valence-corrected chi connectivity index (χ0v) is 12.7. The normalized spacial score (nSPS) is 21.2. The molecule has 0 bridgehead atoms. The largest absolute Gasteiger partial charge is 0.376 e. The Bertz CT molecular complexity index is 586. The zero-order chi connectivity index (χ0) is 14.8. The van der Waals surface area contributed by atoms with E-state index in [4.69, 9.17) is 18.0 Å². The highest BCUT2D eigenvalue weighted by atomic mass is 35.5. The summed E-state index contributed by atoms with van der Waals surface area (Å²) in [7, 11) is 0. The van der Waals surface area contributed by atoms with Crippen LogP contribution in [0.1, 0.15) is 39.5 Å². The number of rotatable bonds is 3. The van der Waals surface area contributed by atoms with Crippen molar-refractivity contribution in [2.75, 3.05) is 5.32 Å². The van der Waals surface area contributed by atoms with Crippen molar-refractivity contribution in [2.24, 2.45) is 5.41 Å². The first-order chi connectivity index (χ1) is 9.45. The second-order valence-electron chi connectivity index (χ2n) is 5.97. The van der Waals surface area contributed by atoms with E-state index in [-0.39, 0.29) is 23.6 Å². The molecule has 108 valence electrons. The standard InChI is InChI=1S/C15H20ClN3O/c1-4-9-19-14(20)13(11(16)10-17-19)18-12-7-5-6-8-15(12,2)3/h1,10,12,18H,5-9H2,2-3H3. The fraction of sp³-hybridized carbons (Fsp3) is 0.600. The van der Waals surface area contributed by atoms with Crippen molar-refractivity contribution in [1.29, 1.82) is 0 Å². The molecule has 1 saturated carbocycles. The first-order valence-electron chi connectivity index (χ1n) is 6.91. The van der Waals surface area contributed by atoms with Gasteiger partial charge in [-0.1, -0.05) is 44.2 Å². The Morgan fingerprint density at radius 2 is 2.35 bits per heavy atom. The fourth-order valence-electron chi connectivity index (χ4n) is 2.73. The van der Waals surface area contributed by atoms with Crippen LogP contribution in [0, 0.1) is 17.8 Å². The van der Waals surface area contributed by atoms with Crippen LogP contribution in [-0.2, 0) is 6.54 Å². The third-order valence-corrected chi connectivity index (χ3v) is 4.35. The van der Waals surface area contributed by atoms with Gasteiger partial charge in [-0.25, -0.2) is 4.68 Å². The number of aromatic nitrogens is 2. The Morgan fingerprint density at radius 3 is 3.00 bits per heavy atom. The Morgan fingerprint density at radius 1 is 1.60 bits per heavy atom. The first kappa shape index (κ1) is 14.9. The summed E-state index contributed by atoms with van der Waals surface area (Å²) in [6, 6.07) is 0.239. The Labute approximate surface area is 124 Å². The van der Waals surface area contributed by atoms with Gasteiger partial charge < -0.3 is 5.32 Å². The first-order valence-corrected chi connectivity index (χ1v) is 7.29. The Kier molecular flexibility index (Phi) is 4.39. The van der Waals surface area contributed by atoms with Crippen LogP contribution in [0.2, 0.25) is 5.02 Å². The molecule has 1 aliphatic rings. The van der Waals surface area contributed by atoms with Gasteiger partial charge in [-0.2, -0.15) is 5.10 Å². The van der Waals surface area contributed by atoms with E-state index in [2.05, 4.69) is 30.2 Å². The Hall–Kier alpha value is -1.47. The molecule has 1 aromatic rings. The predicted molar refractivity (Wildman–Crippen MR) is 82.0 cm³/mol. The molecule has 0 amide bonds. The van der Waals surface area contributed by atoms with Gasteiger partial charge in [0.05, 0.1) is 11.2 Å². The van der Waals surface area contributed by atoms with Gasteiger partial charge >= 0.3 is 0 Å². The predicted octanol–water partition coefficient (Wildman–Crippen LogP) is 2.91. The van der Waals surface area contributed by atoms with Crippen LogP contribution in [-0.4, -0.2) is 15.8 Å². The molecule has 4 nitrogen and oxygen atoms in total. The van der Waals surface area contributed by atoms with E-state index >= 15 is 0 Å². The monoisotopic (exact) mass is 293 g/mol. The van der Waals surface area contributed by atoms with Gasteiger partial charge in [-0.3, -0.25) is 4.79 Å². The van der Waals surface area contributed by atoms with Gasteiger partial charge in [0.15, 0.2) is 0 Å². The highest BCUT2D eigenvalue weighted by molar-refractivity contribution is 6.33. The van der Waals surface area contributed by atoms with E-state index in [1.54, 1.807) is 0 Å². The molecule has 1 heterocycles. The minimum Gasteiger partial charge on any atom is -0.376 e. The zero-order valence-electron chi connectivity index (χ0n) is 11.9. The molecule has 1 atom stereocenters. The average Bonchev–Trinajstić information content (AvgIpc) is 2.39. The van der Waals surface area contributed by atoms with Crippen molar-refractivity contribution in [2.45, 2.75) is 52.1 Å². The third kappa shape index (κ3) is 2.99. The van der Waals surface area contributed by atoms with Crippen molar-refractivity contribution >= 4 is 17.3 Å². The molecule has 20 heavy (non-hydrogen) atoms. The highest BCUT2D eigenvalue weighted by Crippen LogP contribution is 2.37. The van der Waals surface area contributed by atoms with Crippen LogP contribution >= 0.6 is 11.6 Å². The molecule has 1 aromatic heterocycles. The highest BCUT2D eigenvalue weighted by Gasteiger charge is 2.33. The molecule has 1 fully saturated rings. The van der Waals surface area contributed by atoms with Crippen LogP contribution in [0.25, 0.3) is 0 Å². The maximum absolute atomic E-state index is 12.3. The summed E-state index contributed by atoms with van der Waals surface area (Å²) in [5, 5.41) is 7.63. The van der Waals surface area contributed by atoms with Crippen molar-refractivity contribution in [3.05, 3.63) is 21.6 Å². The van der Waals surface area contributed by atoms with Crippen molar-refractivity contribution < 1.29 is 0 Å². The summed E-state index contributed by atoms with van der Waals surface area (Å²) in [5.41, 5.74) is 0.308. The molecular formula is C15H20ClN3O. The molecule has 0 radical (unpaired) electrons. The fourth-order valence-corrected chi connectivity index (χ4v) is 2.91. The van der Waals surface area contributed by atoms with Crippen LogP contribution in [0.4, 0.5) is 5.69 Å². The van der Waals surface area contributed by atoms with E-state index < -0.39 is 0 Å². The van der Waals surface area contributed by atoms with E-state index in [1.165, 1.54) is 23.7 Å². The van der Waals surface area contributed by atoms with Gasteiger partial charge in [0, 0.05) is 6.04 Å². The maximum atomic E-state index is 12.3. The van der Waals surface area contributed by atoms with E-state index in [1.807, 2.05) is 0 Å². The molecule has 1 N–H and O–H groups in total. The lowest BCUT2D eigenvalue weighted by Crippen LogP contribution is -2.41. The lowest BCUT2D eigenvalue weighted by molar-refractivity contribution is 0.217. The van der Waals surface area contributed by atoms with Gasteiger partial charge in [-0.15, -0.1) is 6.42 Å². The summed E-state index contributed by atoms with van der Waals surface area (Å²) < 4.78 is 1.25. The lowest BCUT2D eigenvalue weighted by atomic mass is 9.73. The molecule has 0 aliphatic heterocycles. The van der Waals surface area contributed by atoms with Crippen LogP contribution in [0.5, 0.6) is 0 Å². The summed E-state index contributed by atoms with van der Waals surface area (Å²) in [6.45, 7) is 4.59. The number of hydrogen-bond acceptors (Lipinski definition) is 3. The van der Waals surface area contributed by atoms with E-state index in [0.29, 0.717) is 10.7 Å². The van der Waals surface area contributed by atoms with Crippen molar-refractivity contribution in [1.82, 2.24) is 9.78 Å². The van der Waals surface area contributed by atoms with Crippen molar-refractivity contribution in [3.8, 4) is 12.3 Å². The second kappa shape index (κ2) is 5.88. The van der Waals surface area contributed by atoms with Gasteiger partial charge in [0.2, 0.25) is 0 Å². The molecule has 1 aliphatic carbocycles. The van der Waals surface area contributed by atoms with E-state index in [9.17, 15) is 4.79 Å². The maximum Gasteiger partial charge on any atom is 0.292 e. The lowest BCUT2D eigenvalue weighted by Gasteiger charge is -2.39. The molecule has 0 saturated heterocycles. The molecule has 0 spiro atoms. The smallest absolute Gasteiger partial charge is 0.292 e. The summed E-state index contributed by atoms with van der Waals surface area (Å²) in [6.07, 6.45) is 11.3. The quantitative estimate of drug-likeness (QED) is 0.872. The van der Waals surface area contributed by atoms with Gasteiger partial charge in [0.1, 0.15) is 12.2 Å². The number of halogens is 1. The third-order valence-electron chi connectivity index (χ3n) is 4.06. The van der Waals surface area contributed by atoms with Crippen LogP contribution in [0.15, 0.2) is 11.0 Å². The van der Waals surface area contributed by atoms with Crippen LogP contribution in [0.3, 0.4) is 0 Å². The molecule has 2 rings (SSSR count). The van der Waals surface area contributed by atoms with E-state index in [0.717, 1.165) is 12.8 Å². The molecule has 5 heteroatoms.